The van der Waals surface area contributed by atoms with Crippen LogP contribution in [0.2, 0.25) is 0 Å². The number of fused-ring (bicyclic) bond motifs is 5. The van der Waals surface area contributed by atoms with Gasteiger partial charge in [-0.1, -0.05) is 93.0 Å². The van der Waals surface area contributed by atoms with E-state index in [2.05, 4.69) is 11.7 Å². The summed E-state index contributed by atoms with van der Waals surface area (Å²) in [6, 6.07) is 28.9. The highest BCUT2D eigenvalue weighted by molar-refractivity contribution is 8.77. The topological polar surface area (TPSA) is 87.2 Å². The van der Waals surface area contributed by atoms with Crippen LogP contribution in [0.5, 0.6) is 5.75 Å². The summed E-state index contributed by atoms with van der Waals surface area (Å²) in [5.74, 6) is -0.117. The number of ether oxygens (including phenoxy) is 1. The van der Waals surface area contributed by atoms with E-state index in [0.717, 1.165) is 21.9 Å². The molecule has 0 unspecified atom stereocenters. The third kappa shape index (κ3) is 5.00. The average Bonchev–Trinajstić information content (AvgIpc) is 3.59. The SMILES string of the molecule is COc1ccc([C@]23C[C@]4(SSCc5ccc(F)cc5)C(=O)N(C)[C@@](C)(SS)C(=O)N4[C@H]2N(S(=O)(=O)c2ccccc2)c2ccccc23)cc1. The highest BCUT2D eigenvalue weighted by atomic mass is 33.1. The summed E-state index contributed by atoms with van der Waals surface area (Å²) < 4.78 is 50.3. The first kappa shape index (κ1) is 34.2. The van der Waals surface area contributed by atoms with E-state index in [1.807, 2.05) is 36.4 Å². The van der Waals surface area contributed by atoms with E-state index >= 15 is 4.79 Å². The molecule has 0 spiro atoms. The normalized spacial score (nSPS) is 26.1. The number of amides is 2. The van der Waals surface area contributed by atoms with Gasteiger partial charge < -0.3 is 9.64 Å². The lowest BCUT2D eigenvalue weighted by atomic mass is 9.72. The van der Waals surface area contributed by atoms with Crippen molar-refractivity contribution in [3.8, 4) is 5.75 Å². The lowest BCUT2D eigenvalue weighted by Gasteiger charge is -2.53. The zero-order valence-corrected chi connectivity index (χ0v) is 30.8. The van der Waals surface area contributed by atoms with Gasteiger partial charge in [-0.05, 0) is 66.1 Å². The summed E-state index contributed by atoms with van der Waals surface area (Å²) in [5, 5.41) is 0. The number of benzene rings is 4. The second-order valence-electron chi connectivity index (χ2n) is 12.3. The van der Waals surface area contributed by atoms with Gasteiger partial charge in [-0.3, -0.25) is 14.5 Å². The molecule has 4 atom stereocenters. The van der Waals surface area contributed by atoms with E-state index in [0.29, 0.717) is 22.8 Å². The van der Waals surface area contributed by atoms with Crippen LogP contribution in [0.15, 0.2) is 108 Å². The van der Waals surface area contributed by atoms with Crippen LogP contribution in [-0.4, -0.2) is 60.1 Å². The van der Waals surface area contributed by atoms with Crippen LogP contribution in [0.25, 0.3) is 0 Å². The summed E-state index contributed by atoms with van der Waals surface area (Å²) >= 11 is 4.47. The first-order valence-electron chi connectivity index (χ1n) is 15.3. The third-order valence-corrected chi connectivity index (χ3v) is 16.3. The second-order valence-corrected chi connectivity index (χ2v) is 18.2. The highest BCUT2D eigenvalue weighted by Crippen LogP contribution is 2.67. The van der Waals surface area contributed by atoms with E-state index in [9.17, 15) is 17.6 Å². The average molecular weight is 754 g/mol. The quantitative estimate of drug-likeness (QED) is 0.146. The summed E-state index contributed by atoms with van der Waals surface area (Å²) in [6.45, 7) is 1.64. The maximum atomic E-state index is 15.1. The smallest absolute Gasteiger partial charge is 0.266 e. The lowest BCUT2D eigenvalue weighted by Crippen LogP contribution is -2.73. The van der Waals surface area contributed by atoms with Gasteiger partial charge in [0.25, 0.3) is 21.8 Å². The predicted octanol–water partition coefficient (Wildman–Crippen LogP) is 6.93. The van der Waals surface area contributed by atoms with Crippen LogP contribution in [0.4, 0.5) is 10.1 Å². The molecule has 3 heterocycles. The molecule has 2 saturated heterocycles. The van der Waals surface area contributed by atoms with Crippen molar-refractivity contribution >= 4 is 71.6 Å². The van der Waals surface area contributed by atoms with Gasteiger partial charge in [0.15, 0.2) is 9.74 Å². The Balaban J connectivity index is 1.49. The molecule has 254 valence electrons. The summed E-state index contributed by atoms with van der Waals surface area (Å²) in [4.78, 5) is 30.1. The number of carbonyl (C=O) groups excluding carboxylic acids is 2. The molecule has 8 nitrogen and oxygen atoms in total. The molecule has 3 aliphatic heterocycles. The standard InChI is InChI=1S/C35H32FN3O5S5/c1-33(47-45)31(40)38-30-34(24-15-19-26(44-3)20-16-24,22-35(38,32(41)37(33)2)48-46-21-23-13-17-25(36)18-14-23)28-11-7-8-12-29(28)39(30)49(42,43)27-9-5-4-6-10-27/h4-20,30,45H,21-22H2,1-3H3/t30-,33-,34-,35-/m0/s1. The van der Waals surface area contributed by atoms with Gasteiger partial charge >= 0.3 is 0 Å². The molecule has 14 heteroatoms. The largest absolute Gasteiger partial charge is 0.497 e. The van der Waals surface area contributed by atoms with Crippen molar-refractivity contribution < 1.29 is 27.1 Å². The number of nitrogens with zero attached hydrogens (tertiary/aromatic N) is 3. The minimum Gasteiger partial charge on any atom is -0.497 e. The van der Waals surface area contributed by atoms with Crippen molar-refractivity contribution in [2.75, 3.05) is 18.5 Å². The van der Waals surface area contributed by atoms with E-state index in [1.54, 1.807) is 63.5 Å². The first-order valence-corrected chi connectivity index (χ1v) is 20.9. The van der Waals surface area contributed by atoms with Crippen molar-refractivity contribution in [1.29, 1.82) is 0 Å². The third-order valence-electron chi connectivity index (χ3n) is 9.75. The van der Waals surface area contributed by atoms with Gasteiger partial charge in [0, 0.05) is 19.2 Å². The molecular weight excluding hydrogens is 722 g/mol. The first-order chi connectivity index (χ1) is 23.5. The maximum absolute atomic E-state index is 15.1. The molecule has 0 bridgehead atoms. The number of methoxy groups -OCH3 is 1. The summed E-state index contributed by atoms with van der Waals surface area (Å²) in [5.41, 5.74) is 1.52. The Bertz CT molecular complexity index is 2040. The Labute approximate surface area is 302 Å². The van der Waals surface area contributed by atoms with Crippen molar-refractivity contribution in [1.82, 2.24) is 9.80 Å². The van der Waals surface area contributed by atoms with Gasteiger partial charge in [-0.25, -0.2) is 17.1 Å². The lowest BCUT2D eigenvalue weighted by molar-refractivity contribution is -0.163. The van der Waals surface area contributed by atoms with Gasteiger partial charge in [0.1, 0.15) is 17.7 Å². The van der Waals surface area contributed by atoms with Crippen LogP contribution in [0, 0.1) is 5.82 Å². The molecule has 0 N–H and O–H groups in total. The fraction of sp³-hybridized carbons (Fsp3) is 0.257. The number of hydrogen-bond acceptors (Lipinski definition) is 9. The Morgan fingerprint density at radius 2 is 1.57 bits per heavy atom. The van der Waals surface area contributed by atoms with Gasteiger partial charge in [0.05, 0.1) is 23.1 Å². The van der Waals surface area contributed by atoms with E-state index in [4.69, 9.17) is 4.74 Å². The molecule has 4 aromatic carbocycles. The molecule has 0 aromatic heterocycles. The fourth-order valence-electron chi connectivity index (χ4n) is 7.21. The van der Waals surface area contributed by atoms with Crippen molar-refractivity contribution in [2.45, 2.75) is 45.3 Å². The summed E-state index contributed by atoms with van der Waals surface area (Å²) in [7, 11) is 2.40. The molecule has 0 aliphatic carbocycles. The predicted molar refractivity (Wildman–Crippen MR) is 197 cm³/mol. The number of likely N-dealkylation sites (N-methyl/N-ethyl adjacent to an activating group) is 1. The highest BCUT2D eigenvalue weighted by Gasteiger charge is 2.76. The van der Waals surface area contributed by atoms with Gasteiger partial charge in [-0.15, -0.1) is 11.7 Å². The summed E-state index contributed by atoms with van der Waals surface area (Å²) in [6.07, 6.45) is -1.08. The van der Waals surface area contributed by atoms with E-state index in [-0.39, 0.29) is 23.0 Å². The van der Waals surface area contributed by atoms with Crippen LogP contribution in [-0.2, 0) is 30.8 Å². The molecule has 4 aromatic rings. The van der Waals surface area contributed by atoms with Crippen molar-refractivity contribution in [2.24, 2.45) is 0 Å². The Kier molecular flexibility index (Phi) is 8.70. The molecule has 0 radical (unpaired) electrons. The van der Waals surface area contributed by atoms with Crippen LogP contribution in [0.3, 0.4) is 0 Å². The monoisotopic (exact) mass is 753 g/mol. The Morgan fingerprint density at radius 1 is 0.918 bits per heavy atom. The molecule has 7 rings (SSSR count). The van der Waals surface area contributed by atoms with Gasteiger partial charge in [0.2, 0.25) is 0 Å². The Morgan fingerprint density at radius 3 is 2.22 bits per heavy atom. The van der Waals surface area contributed by atoms with Crippen LogP contribution < -0.4 is 9.04 Å². The molecular formula is C35H32FN3O5S5. The second kappa shape index (κ2) is 12.5. The number of carbonyl (C=O) groups is 2. The number of sulfonamides is 1. The number of anilines is 1. The zero-order chi connectivity index (χ0) is 34.8. The molecule has 49 heavy (non-hydrogen) atoms. The van der Waals surface area contributed by atoms with Crippen molar-refractivity contribution in [3.05, 3.63) is 126 Å². The van der Waals surface area contributed by atoms with Crippen molar-refractivity contribution in [3.63, 3.8) is 0 Å². The number of piperazine rings is 1. The number of halogens is 1. The van der Waals surface area contributed by atoms with Crippen LogP contribution in [0.1, 0.15) is 30.0 Å². The maximum Gasteiger partial charge on any atom is 0.266 e. The molecule has 2 amide bonds. The fourth-order valence-corrected chi connectivity index (χ4v) is 13.0. The number of hydrogen-bond donors (Lipinski definition) is 1. The molecule has 0 saturated carbocycles. The number of thiol groups is 1. The van der Waals surface area contributed by atoms with Gasteiger partial charge in [-0.2, -0.15) is 0 Å². The molecule has 3 aliphatic rings. The minimum atomic E-state index is -4.30. The number of para-hydroxylation sites is 1. The Hall–Kier alpha value is -3.30. The van der Waals surface area contributed by atoms with Crippen LogP contribution >= 0.6 is 44.0 Å². The number of rotatable bonds is 9. The minimum absolute atomic E-state index is 0.0606. The van der Waals surface area contributed by atoms with E-state index in [1.165, 1.54) is 60.0 Å². The zero-order valence-electron chi connectivity index (χ0n) is 26.6. The van der Waals surface area contributed by atoms with E-state index < -0.39 is 37.3 Å². The molecule has 2 fully saturated rings.